The average molecular weight is 357 g/mol. The third-order valence-electron chi connectivity index (χ3n) is 5.06. The molecule has 132 valence electrons. The van der Waals surface area contributed by atoms with Crippen molar-refractivity contribution in [2.24, 2.45) is 11.1 Å². The number of rotatable bonds is 9. The number of nitrogens with one attached hydrogen (secondary N) is 1. The molecule has 0 spiro atoms. The fourth-order valence-corrected chi connectivity index (χ4v) is 3.47. The van der Waals surface area contributed by atoms with E-state index >= 15 is 0 Å². The van der Waals surface area contributed by atoms with Crippen molar-refractivity contribution in [3.8, 4) is 0 Å². The maximum absolute atomic E-state index is 11.1. The molecular weight excluding hydrogens is 332 g/mol. The topological polar surface area (TPSA) is 41.5 Å². The maximum atomic E-state index is 11.1. The van der Waals surface area contributed by atoms with Crippen LogP contribution < -0.4 is 5.32 Å². The molecular formula is C21H25ClN2O. The van der Waals surface area contributed by atoms with Crippen LogP contribution in [0.3, 0.4) is 0 Å². The van der Waals surface area contributed by atoms with Gasteiger partial charge in [0.05, 0.1) is 0 Å². The Morgan fingerprint density at radius 2 is 1.88 bits per heavy atom. The predicted octanol–water partition coefficient (Wildman–Crippen LogP) is 5.32. The van der Waals surface area contributed by atoms with Crippen LogP contribution in [-0.4, -0.2) is 13.1 Å². The van der Waals surface area contributed by atoms with Crippen molar-refractivity contribution in [2.75, 3.05) is 13.1 Å². The van der Waals surface area contributed by atoms with Gasteiger partial charge in [-0.3, -0.25) is 0 Å². The van der Waals surface area contributed by atoms with Crippen LogP contribution >= 0.6 is 11.6 Å². The third-order valence-corrected chi connectivity index (χ3v) is 5.30. The fraction of sp³-hybridized carbons (Fsp3) is 0.429. The Kier molecular flexibility index (Phi) is 6.60. The number of nitrogens with zero attached hydrogens (tertiary/aromatic N) is 1. The number of hydrogen-bond acceptors (Lipinski definition) is 3. The lowest BCUT2D eigenvalue weighted by molar-refractivity contribution is 0.314. The Hall–Kier alpha value is -1.71. The number of benzene rings is 2. The summed E-state index contributed by atoms with van der Waals surface area (Å²) in [6.45, 7) is 1.36. The Labute approximate surface area is 154 Å². The second-order valence-corrected chi connectivity index (χ2v) is 7.38. The van der Waals surface area contributed by atoms with Crippen LogP contribution in [0.2, 0.25) is 5.02 Å². The first kappa shape index (κ1) is 18.1. The first-order valence-corrected chi connectivity index (χ1v) is 9.49. The SMILES string of the molecule is O=N[C@@H](CNCCc1ccc(CC2CCC2)cc1)c1cccc(Cl)c1. The van der Waals surface area contributed by atoms with Gasteiger partial charge < -0.3 is 5.32 Å². The largest absolute Gasteiger partial charge is 0.314 e. The van der Waals surface area contributed by atoms with E-state index in [4.69, 9.17) is 11.6 Å². The highest BCUT2D eigenvalue weighted by Gasteiger charge is 2.17. The zero-order valence-corrected chi connectivity index (χ0v) is 15.2. The fourth-order valence-electron chi connectivity index (χ4n) is 3.27. The number of hydrogen-bond donors (Lipinski definition) is 1. The molecule has 0 unspecified atom stereocenters. The maximum Gasteiger partial charge on any atom is 0.129 e. The van der Waals surface area contributed by atoms with Crippen LogP contribution in [-0.2, 0) is 12.8 Å². The quantitative estimate of drug-likeness (QED) is 0.487. The number of nitroso groups, excluding NO2 is 1. The summed E-state index contributed by atoms with van der Waals surface area (Å²) in [4.78, 5) is 11.1. The van der Waals surface area contributed by atoms with E-state index < -0.39 is 6.04 Å². The van der Waals surface area contributed by atoms with E-state index in [1.54, 1.807) is 12.1 Å². The summed E-state index contributed by atoms with van der Waals surface area (Å²) < 4.78 is 0. The molecule has 0 bridgehead atoms. The lowest BCUT2D eigenvalue weighted by Gasteiger charge is -2.25. The van der Waals surface area contributed by atoms with E-state index in [-0.39, 0.29) is 0 Å². The molecule has 1 aliphatic rings. The predicted molar refractivity (Wildman–Crippen MR) is 104 cm³/mol. The highest BCUT2D eigenvalue weighted by atomic mass is 35.5. The summed E-state index contributed by atoms with van der Waals surface area (Å²) >= 11 is 5.98. The zero-order valence-electron chi connectivity index (χ0n) is 14.5. The Bertz CT molecular complexity index is 683. The monoisotopic (exact) mass is 356 g/mol. The molecule has 2 aromatic carbocycles. The summed E-state index contributed by atoms with van der Waals surface area (Å²) in [6.07, 6.45) is 6.37. The lowest BCUT2D eigenvalue weighted by atomic mass is 9.81. The van der Waals surface area contributed by atoms with Crippen molar-refractivity contribution in [2.45, 2.75) is 38.1 Å². The number of halogens is 1. The summed E-state index contributed by atoms with van der Waals surface area (Å²) in [7, 11) is 0. The smallest absolute Gasteiger partial charge is 0.129 e. The molecule has 1 aliphatic carbocycles. The van der Waals surface area contributed by atoms with E-state index in [1.807, 2.05) is 12.1 Å². The van der Waals surface area contributed by atoms with E-state index in [0.717, 1.165) is 24.4 Å². The minimum atomic E-state index is -0.399. The minimum Gasteiger partial charge on any atom is -0.314 e. The van der Waals surface area contributed by atoms with Crippen LogP contribution in [0.4, 0.5) is 0 Å². The van der Waals surface area contributed by atoms with Crippen molar-refractivity contribution in [3.63, 3.8) is 0 Å². The molecule has 2 aromatic rings. The van der Waals surface area contributed by atoms with Crippen LogP contribution in [0.1, 0.15) is 42.0 Å². The van der Waals surface area contributed by atoms with Crippen LogP contribution in [0, 0.1) is 10.8 Å². The summed E-state index contributed by atoms with van der Waals surface area (Å²) in [5.74, 6) is 0.909. The lowest BCUT2D eigenvalue weighted by Crippen LogP contribution is -2.23. The second-order valence-electron chi connectivity index (χ2n) is 6.95. The molecule has 25 heavy (non-hydrogen) atoms. The van der Waals surface area contributed by atoms with Crippen molar-refractivity contribution < 1.29 is 0 Å². The molecule has 0 aliphatic heterocycles. The van der Waals surface area contributed by atoms with Crippen molar-refractivity contribution >= 4 is 11.6 Å². The molecule has 4 heteroatoms. The molecule has 1 N–H and O–H groups in total. The van der Waals surface area contributed by atoms with Gasteiger partial charge in [-0.15, -0.1) is 0 Å². The summed E-state index contributed by atoms with van der Waals surface area (Å²) in [6, 6.07) is 15.9. The summed E-state index contributed by atoms with van der Waals surface area (Å²) in [5, 5.41) is 7.19. The van der Waals surface area contributed by atoms with E-state index in [2.05, 4.69) is 34.8 Å². The van der Waals surface area contributed by atoms with Gasteiger partial charge in [-0.1, -0.05) is 72.4 Å². The van der Waals surface area contributed by atoms with Gasteiger partial charge in [-0.05, 0) is 54.1 Å². The van der Waals surface area contributed by atoms with Gasteiger partial charge in [0.2, 0.25) is 0 Å². The molecule has 0 heterocycles. The highest BCUT2D eigenvalue weighted by Crippen LogP contribution is 2.29. The molecule has 1 fully saturated rings. The average Bonchev–Trinajstić information content (AvgIpc) is 2.59. The van der Waals surface area contributed by atoms with Gasteiger partial charge in [0.25, 0.3) is 0 Å². The van der Waals surface area contributed by atoms with Crippen molar-refractivity contribution in [1.82, 2.24) is 5.32 Å². The standard InChI is InChI=1S/C21H25ClN2O/c22-20-6-2-5-19(14-20)21(24-25)15-23-12-11-16-7-9-18(10-8-16)13-17-3-1-4-17/h2,5-10,14,17,21,23H,1,3-4,11-13,15H2/t21-/m0/s1. The van der Waals surface area contributed by atoms with Crippen molar-refractivity contribution in [3.05, 3.63) is 75.2 Å². The van der Waals surface area contributed by atoms with Gasteiger partial charge in [-0.25, -0.2) is 0 Å². The summed E-state index contributed by atoms with van der Waals surface area (Å²) in [5.41, 5.74) is 3.63. The first-order chi connectivity index (χ1) is 12.2. The zero-order chi connectivity index (χ0) is 17.5. The van der Waals surface area contributed by atoms with Gasteiger partial charge in [0.15, 0.2) is 0 Å². The molecule has 0 amide bonds. The Morgan fingerprint density at radius 3 is 2.52 bits per heavy atom. The highest BCUT2D eigenvalue weighted by molar-refractivity contribution is 6.30. The Balaban J connectivity index is 1.41. The third kappa shape index (κ3) is 5.38. The normalized spacial score (nSPS) is 15.6. The van der Waals surface area contributed by atoms with Gasteiger partial charge >= 0.3 is 0 Å². The molecule has 0 saturated heterocycles. The van der Waals surface area contributed by atoms with Crippen LogP contribution in [0.5, 0.6) is 0 Å². The van der Waals surface area contributed by atoms with Crippen LogP contribution in [0.15, 0.2) is 53.7 Å². The minimum absolute atomic E-state index is 0.399. The second kappa shape index (κ2) is 9.12. The van der Waals surface area contributed by atoms with Gasteiger partial charge in [0.1, 0.15) is 6.04 Å². The van der Waals surface area contributed by atoms with Gasteiger partial charge in [-0.2, -0.15) is 4.91 Å². The van der Waals surface area contributed by atoms with E-state index in [9.17, 15) is 4.91 Å². The molecule has 3 nitrogen and oxygen atoms in total. The first-order valence-electron chi connectivity index (χ1n) is 9.11. The molecule has 1 atom stereocenters. The molecule has 1 saturated carbocycles. The van der Waals surface area contributed by atoms with E-state index in [1.165, 1.54) is 36.8 Å². The Morgan fingerprint density at radius 1 is 1.12 bits per heavy atom. The van der Waals surface area contributed by atoms with Crippen LogP contribution in [0.25, 0.3) is 0 Å². The van der Waals surface area contributed by atoms with Crippen molar-refractivity contribution in [1.29, 1.82) is 0 Å². The molecule has 0 radical (unpaired) electrons. The molecule has 3 rings (SSSR count). The van der Waals surface area contributed by atoms with E-state index in [0.29, 0.717) is 11.6 Å². The van der Waals surface area contributed by atoms with Gasteiger partial charge in [0, 0.05) is 11.6 Å². The molecule has 0 aromatic heterocycles.